The average molecular weight is 306 g/mol. The molecule has 4 rings (SSSR count). The second kappa shape index (κ2) is 4.55. The summed E-state index contributed by atoms with van der Waals surface area (Å²) in [5, 5.41) is 15.0. The van der Waals surface area contributed by atoms with Gasteiger partial charge in [-0.25, -0.2) is 9.48 Å². The van der Waals surface area contributed by atoms with Crippen LogP contribution in [0.1, 0.15) is 25.6 Å². The molecular formula is C14H18N4O4. The molecule has 0 radical (unpaired) electrons. The Balaban J connectivity index is 1.56. The van der Waals surface area contributed by atoms with E-state index in [1.165, 1.54) is 0 Å². The number of carbonyl (C=O) groups excluding carboxylic acids is 1. The minimum atomic E-state index is -0.590. The third kappa shape index (κ3) is 2.11. The number of carbonyl (C=O) groups is 1. The van der Waals surface area contributed by atoms with Gasteiger partial charge in [-0.05, 0) is 26.0 Å². The molecule has 118 valence electrons. The zero-order valence-electron chi connectivity index (χ0n) is 12.5. The van der Waals surface area contributed by atoms with Crippen molar-refractivity contribution in [3.63, 3.8) is 0 Å². The van der Waals surface area contributed by atoms with Crippen molar-refractivity contribution in [1.29, 1.82) is 0 Å². The van der Waals surface area contributed by atoms with E-state index in [-0.39, 0.29) is 18.2 Å². The van der Waals surface area contributed by atoms with Crippen molar-refractivity contribution in [2.45, 2.75) is 31.8 Å². The fraction of sp³-hybridized carbons (Fsp3) is 0.571. The van der Waals surface area contributed by atoms with Gasteiger partial charge in [-0.3, -0.25) is 5.21 Å². The Labute approximate surface area is 127 Å². The molecule has 2 saturated heterocycles. The van der Waals surface area contributed by atoms with Gasteiger partial charge < -0.3 is 14.4 Å². The van der Waals surface area contributed by atoms with Crippen LogP contribution in [0.15, 0.2) is 18.3 Å². The summed E-state index contributed by atoms with van der Waals surface area (Å²) >= 11 is 0. The first-order valence-electron chi connectivity index (χ1n) is 7.28. The maximum absolute atomic E-state index is 11.8. The number of urea groups is 1. The van der Waals surface area contributed by atoms with Gasteiger partial charge in [-0.15, -0.1) is 0 Å². The van der Waals surface area contributed by atoms with Gasteiger partial charge in [0.1, 0.15) is 6.10 Å². The molecule has 0 saturated carbocycles. The lowest BCUT2D eigenvalue weighted by Gasteiger charge is -2.21. The Hall–Kier alpha value is -1.90. The predicted octanol–water partition coefficient (Wildman–Crippen LogP) is 1.06. The smallest absolute Gasteiger partial charge is 0.344 e. The van der Waals surface area contributed by atoms with E-state index in [0.717, 1.165) is 16.5 Å². The largest absolute Gasteiger partial charge is 0.347 e. The molecule has 1 N–H and O–H groups in total. The van der Waals surface area contributed by atoms with Crippen LogP contribution in [0.5, 0.6) is 0 Å². The molecular weight excluding hydrogens is 288 g/mol. The molecule has 1 unspecified atom stereocenters. The van der Waals surface area contributed by atoms with E-state index >= 15 is 0 Å². The molecule has 3 aliphatic heterocycles. The Bertz CT molecular complexity index is 653. The molecule has 4 heterocycles. The van der Waals surface area contributed by atoms with Gasteiger partial charge >= 0.3 is 6.03 Å². The quantitative estimate of drug-likeness (QED) is 0.826. The highest BCUT2D eigenvalue weighted by Crippen LogP contribution is 2.32. The lowest BCUT2D eigenvalue weighted by atomic mass is 10.2. The number of hydrogen-bond acceptors (Lipinski definition) is 5. The molecule has 1 aromatic rings. The van der Waals surface area contributed by atoms with E-state index in [9.17, 15) is 10.0 Å². The maximum Gasteiger partial charge on any atom is 0.344 e. The van der Waals surface area contributed by atoms with Crippen LogP contribution >= 0.6 is 0 Å². The van der Waals surface area contributed by atoms with Crippen molar-refractivity contribution in [3.8, 4) is 0 Å². The van der Waals surface area contributed by atoms with Crippen molar-refractivity contribution < 1.29 is 19.5 Å². The lowest BCUT2D eigenvalue weighted by molar-refractivity contribution is -0.139. The molecule has 1 aromatic heterocycles. The Morgan fingerprint density at radius 1 is 1.45 bits per heavy atom. The number of rotatable bonds is 2. The number of ether oxygens (including phenoxy) is 2. The molecule has 2 atom stereocenters. The molecule has 8 nitrogen and oxygen atoms in total. The minimum Gasteiger partial charge on any atom is -0.347 e. The molecule has 0 spiro atoms. The van der Waals surface area contributed by atoms with Gasteiger partial charge in [-0.1, -0.05) is 0 Å². The van der Waals surface area contributed by atoms with Gasteiger partial charge in [0.25, 0.3) is 0 Å². The molecule has 0 aromatic carbocycles. The van der Waals surface area contributed by atoms with Crippen LogP contribution in [-0.4, -0.2) is 62.5 Å². The van der Waals surface area contributed by atoms with Gasteiger partial charge in [0.2, 0.25) is 0 Å². The maximum atomic E-state index is 11.8. The van der Waals surface area contributed by atoms with Crippen LogP contribution in [0.3, 0.4) is 0 Å². The van der Waals surface area contributed by atoms with Crippen molar-refractivity contribution in [2.75, 3.05) is 19.7 Å². The molecule has 3 aliphatic rings. The van der Waals surface area contributed by atoms with Crippen LogP contribution in [0.2, 0.25) is 0 Å². The molecule has 2 amide bonds. The molecule has 0 aliphatic carbocycles. The number of nitrogens with zero attached hydrogens (tertiary/aromatic N) is 4. The Morgan fingerprint density at radius 2 is 2.27 bits per heavy atom. The first-order chi connectivity index (χ1) is 10.4. The first-order valence-corrected chi connectivity index (χ1v) is 7.28. The zero-order valence-corrected chi connectivity index (χ0v) is 12.5. The average Bonchev–Trinajstić information content (AvgIpc) is 3.15. The number of amides is 2. The van der Waals surface area contributed by atoms with Gasteiger partial charge in [-0.2, -0.15) is 10.2 Å². The molecule has 8 heteroatoms. The predicted molar refractivity (Wildman–Crippen MR) is 74.7 cm³/mol. The van der Waals surface area contributed by atoms with Crippen molar-refractivity contribution in [1.82, 2.24) is 19.7 Å². The topological polar surface area (TPSA) is 80.1 Å². The highest BCUT2D eigenvalue weighted by molar-refractivity contribution is 5.79. The second-order valence-corrected chi connectivity index (χ2v) is 6.24. The number of hydroxylamine groups is 2. The standard InChI is InChI=1S/C14H18N4O4/c1-14(2)21-8-12(22-14)11-3-4-17(15-11)9-5-10-7-16(6-9)13(19)18(10)20/h3-5,10,12,20H,6-8H2,1-2H3/t10?,12-/m1/s1. The SMILES string of the molecule is CC1(C)OC[C@H](c2ccn(C3=CC4CN(C3)C(=O)N4O)n2)O1. The first kappa shape index (κ1) is 13.7. The number of aromatic nitrogens is 2. The van der Waals surface area contributed by atoms with Gasteiger partial charge in [0.05, 0.1) is 30.6 Å². The summed E-state index contributed by atoms with van der Waals surface area (Å²) in [6, 6.07) is 1.22. The lowest BCUT2D eigenvalue weighted by Crippen LogP contribution is -2.31. The summed E-state index contributed by atoms with van der Waals surface area (Å²) < 4.78 is 13.1. The van der Waals surface area contributed by atoms with E-state index in [2.05, 4.69) is 5.10 Å². The zero-order chi connectivity index (χ0) is 15.5. The summed E-state index contributed by atoms with van der Waals surface area (Å²) in [6.07, 6.45) is 3.52. The van der Waals surface area contributed by atoms with E-state index in [0.29, 0.717) is 19.7 Å². The summed E-state index contributed by atoms with van der Waals surface area (Å²) in [5.74, 6) is -0.590. The minimum absolute atomic E-state index is 0.187. The number of hydrogen-bond donors (Lipinski definition) is 1. The Morgan fingerprint density at radius 3 is 2.95 bits per heavy atom. The fourth-order valence-corrected chi connectivity index (χ4v) is 3.05. The van der Waals surface area contributed by atoms with Crippen LogP contribution in [0.4, 0.5) is 4.79 Å². The van der Waals surface area contributed by atoms with Crippen LogP contribution in [0, 0.1) is 0 Å². The van der Waals surface area contributed by atoms with E-state index in [1.807, 2.05) is 32.2 Å². The van der Waals surface area contributed by atoms with Crippen LogP contribution in [-0.2, 0) is 9.47 Å². The number of fused-ring (bicyclic) bond motifs is 2. The normalized spacial score (nSPS) is 30.1. The summed E-state index contributed by atoms with van der Waals surface area (Å²) in [5.41, 5.74) is 1.66. The summed E-state index contributed by atoms with van der Waals surface area (Å²) in [6.45, 7) is 5.17. The third-order valence-corrected chi connectivity index (χ3v) is 4.17. The molecule has 2 fully saturated rings. The van der Waals surface area contributed by atoms with E-state index in [1.54, 1.807) is 9.58 Å². The van der Waals surface area contributed by atoms with Crippen molar-refractivity contribution in [3.05, 3.63) is 24.0 Å². The van der Waals surface area contributed by atoms with E-state index in [4.69, 9.17) is 9.47 Å². The van der Waals surface area contributed by atoms with Gasteiger partial charge in [0, 0.05) is 12.7 Å². The molecule has 22 heavy (non-hydrogen) atoms. The summed E-state index contributed by atoms with van der Waals surface area (Å²) in [7, 11) is 0. The third-order valence-electron chi connectivity index (χ3n) is 4.17. The second-order valence-electron chi connectivity index (χ2n) is 6.24. The highest BCUT2D eigenvalue weighted by atomic mass is 16.7. The highest BCUT2D eigenvalue weighted by Gasteiger charge is 2.40. The molecule has 2 bridgehead atoms. The Kier molecular flexibility index (Phi) is 2.84. The monoisotopic (exact) mass is 306 g/mol. The summed E-state index contributed by atoms with van der Waals surface area (Å²) in [4.78, 5) is 13.3. The van der Waals surface area contributed by atoms with Crippen LogP contribution < -0.4 is 0 Å². The van der Waals surface area contributed by atoms with E-state index < -0.39 is 5.79 Å². The van der Waals surface area contributed by atoms with Crippen molar-refractivity contribution in [2.24, 2.45) is 0 Å². The van der Waals surface area contributed by atoms with Gasteiger partial charge in [0.15, 0.2) is 5.79 Å². The van der Waals surface area contributed by atoms with Crippen LogP contribution in [0.25, 0.3) is 5.70 Å². The van der Waals surface area contributed by atoms with Crippen molar-refractivity contribution >= 4 is 11.7 Å². The fourth-order valence-electron chi connectivity index (χ4n) is 3.05.